The number of sulfonamides is 1. The van der Waals surface area contributed by atoms with E-state index in [2.05, 4.69) is 24.3 Å². The lowest BCUT2D eigenvalue weighted by Gasteiger charge is -2.25. The molecule has 2 atom stereocenters. The molecule has 126 valence electrons. The van der Waals surface area contributed by atoms with Crippen molar-refractivity contribution in [3.63, 3.8) is 0 Å². The van der Waals surface area contributed by atoms with Crippen molar-refractivity contribution in [2.75, 3.05) is 0 Å². The van der Waals surface area contributed by atoms with Gasteiger partial charge in [-0.3, -0.25) is 4.31 Å². The highest BCUT2D eigenvalue weighted by atomic mass is 32.2. The maximum Gasteiger partial charge on any atom is 0.265 e. The molecule has 0 spiro atoms. The monoisotopic (exact) mass is 349 g/mol. The molecule has 2 aromatic carbocycles. The molecule has 0 N–H and O–H groups in total. The summed E-state index contributed by atoms with van der Waals surface area (Å²) in [5.41, 5.74) is 4.06. The first-order valence-electron chi connectivity index (χ1n) is 8.80. The zero-order chi connectivity index (χ0) is 17.0. The van der Waals surface area contributed by atoms with Crippen molar-refractivity contribution in [1.82, 2.24) is 4.31 Å². The largest absolute Gasteiger partial charge is 0.265 e. The Hall–Kier alpha value is -2.33. The first-order chi connectivity index (χ1) is 12.2. The van der Waals surface area contributed by atoms with Gasteiger partial charge in [-0.1, -0.05) is 60.7 Å². The minimum absolute atomic E-state index is 0.106. The summed E-state index contributed by atoms with van der Waals surface area (Å²) in [5.74, 6) is 0.222. The number of hydrogen-bond acceptors (Lipinski definition) is 2. The SMILES string of the molecule is O=S1(=O)c2ccccc2C2=C(c3ccccc3)[C@@H]3CCCC=C[C@@H]3N21. The van der Waals surface area contributed by atoms with Gasteiger partial charge in [0.25, 0.3) is 10.0 Å². The van der Waals surface area contributed by atoms with E-state index in [0.717, 1.165) is 36.1 Å². The minimum Gasteiger partial charge on any atom is -0.258 e. The van der Waals surface area contributed by atoms with E-state index in [-0.39, 0.29) is 12.0 Å². The summed E-state index contributed by atoms with van der Waals surface area (Å²) in [6.45, 7) is 0. The predicted molar refractivity (Wildman–Crippen MR) is 99.0 cm³/mol. The molecule has 0 unspecified atom stereocenters. The number of benzene rings is 2. The van der Waals surface area contributed by atoms with Crippen molar-refractivity contribution in [1.29, 1.82) is 0 Å². The second kappa shape index (κ2) is 5.33. The number of allylic oxidation sites excluding steroid dienone is 1. The zero-order valence-electron chi connectivity index (χ0n) is 13.8. The van der Waals surface area contributed by atoms with Gasteiger partial charge in [0.05, 0.1) is 16.6 Å². The van der Waals surface area contributed by atoms with E-state index in [1.807, 2.05) is 36.4 Å². The first-order valence-corrected chi connectivity index (χ1v) is 10.2. The highest BCUT2D eigenvalue weighted by molar-refractivity contribution is 7.90. The lowest BCUT2D eigenvalue weighted by atomic mass is 9.85. The van der Waals surface area contributed by atoms with Gasteiger partial charge < -0.3 is 0 Å². The van der Waals surface area contributed by atoms with Crippen molar-refractivity contribution in [3.05, 3.63) is 77.9 Å². The molecule has 0 saturated heterocycles. The van der Waals surface area contributed by atoms with Gasteiger partial charge in [0.15, 0.2) is 0 Å². The van der Waals surface area contributed by atoms with Crippen LogP contribution in [0.25, 0.3) is 11.3 Å². The molecule has 2 aliphatic heterocycles. The van der Waals surface area contributed by atoms with Gasteiger partial charge in [-0.25, -0.2) is 8.42 Å². The molecule has 0 saturated carbocycles. The molecule has 5 rings (SSSR count). The Morgan fingerprint density at radius 1 is 0.960 bits per heavy atom. The summed E-state index contributed by atoms with van der Waals surface area (Å²) in [6.07, 6.45) is 7.38. The van der Waals surface area contributed by atoms with Gasteiger partial charge in [0.1, 0.15) is 0 Å². The van der Waals surface area contributed by atoms with E-state index in [1.165, 1.54) is 5.57 Å². The van der Waals surface area contributed by atoms with Crippen LogP contribution in [-0.4, -0.2) is 18.8 Å². The maximum absolute atomic E-state index is 13.3. The van der Waals surface area contributed by atoms with Gasteiger partial charge >= 0.3 is 0 Å². The van der Waals surface area contributed by atoms with Gasteiger partial charge in [-0.05, 0) is 36.5 Å². The molecule has 0 radical (unpaired) electrons. The van der Waals surface area contributed by atoms with Crippen LogP contribution in [0.3, 0.4) is 0 Å². The molecule has 2 heterocycles. The maximum atomic E-state index is 13.3. The normalized spacial score (nSPS) is 26.2. The number of fused-ring (bicyclic) bond motifs is 5. The fourth-order valence-corrected chi connectivity index (χ4v) is 6.38. The molecular formula is C21H19NO2S. The van der Waals surface area contributed by atoms with E-state index in [1.54, 1.807) is 10.4 Å². The molecule has 0 fully saturated rings. The zero-order valence-corrected chi connectivity index (χ0v) is 14.6. The van der Waals surface area contributed by atoms with Crippen LogP contribution in [0.1, 0.15) is 30.4 Å². The third-order valence-electron chi connectivity index (χ3n) is 5.51. The molecule has 3 aliphatic rings. The van der Waals surface area contributed by atoms with Crippen LogP contribution in [0.15, 0.2) is 71.6 Å². The minimum atomic E-state index is -3.49. The van der Waals surface area contributed by atoms with Crippen molar-refractivity contribution >= 4 is 21.3 Å². The van der Waals surface area contributed by atoms with Crippen LogP contribution in [0.5, 0.6) is 0 Å². The lowest BCUT2D eigenvalue weighted by molar-refractivity contribution is 0.418. The third kappa shape index (κ3) is 2.00. The van der Waals surface area contributed by atoms with Crippen LogP contribution in [0.4, 0.5) is 0 Å². The Morgan fingerprint density at radius 3 is 2.56 bits per heavy atom. The Morgan fingerprint density at radius 2 is 1.72 bits per heavy atom. The van der Waals surface area contributed by atoms with Crippen LogP contribution < -0.4 is 0 Å². The van der Waals surface area contributed by atoms with Crippen molar-refractivity contribution in [3.8, 4) is 0 Å². The van der Waals surface area contributed by atoms with E-state index in [9.17, 15) is 8.42 Å². The van der Waals surface area contributed by atoms with Crippen molar-refractivity contribution < 1.29 is 8.42 Å². The summed E-state index contributed by atoms with van der Waals surface area (Å²) in [4.78, 5) is 0.439. The second-order valence-corrected chi connectivity index (χ2v) is 8.66. The topological polar surface area (TPSA) is 37.4 Å². The van der Waals surface area contributed by atoms with Crippen LogP contribution in [0.2, 0.25) is 0 Å². The van der Waals surface area contributed by atoms with Crippen molar-refractivity contribution in [2.45, 2.75) is 30.2 Å². The molecule has 1 aliphatic carbocycles. The van der Waals surface area contributed by atoms with Crippen LogP contribution in [0, 0.1) is 5.92 Å². The number of hydrogen-bond donors (Lipinski definition) is 0. The van der Waals surface area contributed by atoms with Crippen LogP contribution >= 0.6 is 0 Å². The standard InChI is InChI=1S/C21H19NO2S/c23-25(24)19-14-8-7-12-17(19)21-20(15-9-3-1-4-10-15)16-11-5-2-6-13-18(16)22(21)25/h1,3-4,6-10,12-14,16,18H,2,5,11H2/t16-,18+/m1/s1. The quantitative estimate of drug-likeness (QED) is 0.720. The Bertz CT molecular complexity index is 1010. The van der Waals surface area contributed by atoms with E-state index in [4.69, 9.17) is 0 Å². The molecular weight excluding hydrogens is 330 g/mol. The van der Waals surface area contributed by atoms with Crippen molar-refractivity contribution in [2.24, 2.45) is 5.92 Å². The van der Waals surface area contributed by atoms with Crippen LogP contribution in [-0.2, 0) is 10.0 Å². The highest BCUT2D eigenvalue weighted by Gasteiger charge is 2.51. The Labute approximate surface area is 148 Å². The lowest BCUT2D eigenvalue weighted by Crippen LogP contribution is -2.33. The van der Waals surface area contributed by atoms with Gasteiger partial charge in [0.2, 0.25) is 0 Å². The Kier molecular flexibility index (Phi) is 3.19. The molecule has 2 aromatic rings. The fourth-order valence-electron chi connectivity index (χ4n) is 4.50. The summed E-state index contributed by atoms with van der Waals surface area (Å²) >= 11 is 0. The molecule has 0 bridgehead atoms. The smallest absolute Gasteiger partial charge is 0.258 e. The average Bonchev–Trinajstić information content (AvgIpc) is 2.95. The predicted octanol–water partition coefficient (Wildman–Crippen LogP) is 4.30. The van der Waals surface area contributed by atoms with Gasteiger partial charge in [-0.2, -0.15) is 0 Å². The Balaban J connectivity index is 1.85. The second-order valence-electron chi connectivity index (χ2n) is 6.88. The van der Waals surface area contributed by atoms with E-state index in [0.29, 0.717) is 4.90 Å². The fraction of sp³-hybridized carbons (Fsp3) is 0.238. The number of rotatable bonds is 1. The summed E-state index contributed by atoms with van der Waals surface area (Å²) in [7, 11) is -3.49. The molecule has 0 amide bonds. The molecule has 25 heavy (non-hydrogen) atoms. The summed E-state index contributed by atoms with van der Waals surface area (Å²) < 4.78 is 28.2. The van der Waals surface area contributed by atoms with E-state index < -0.39 is 10.0 Å². The highest BCUT2D eigenvalue weighted by Crippen LogP contribution is 2.54. The average molecular weight is 349 g/mol. The molecule has 0 aromatic heterocycles. The number of nitrogens with zero attached hydrogens (tertiary/aromatic N) is 1. The third-order valence-corrected chi connectivity index (χ3v) is 7.37. The summed E-state index contributed by atoms with van der Waals surface area (Å²) in [6, 6.07) is 17.6. The summed E-state index contributed by atoms with van der Waals surface area (Å²) in [5, 5.41) is 0. The van der Waals surface area contributed by atoms with Gasteiger partial charge in [-0.15, -0.1) is 0 Å². The van der Waals surface area contributed by atoms with E-state index >= 15 is 0 Å². The first kappa shape index (κ1) is 15.0. The molecule has 4 heteroatoms. The van der Waals surface area contributed by atoms with Gasteiger partial charge in [0, 0.05) is 11.5 Å². The molecule has 3 nitrogen and oxygen atoms in total.